The van der Waals surface area contributed by atoms with Gasteiger partial charge in [0, 0.05) is 6.21 Å². The minimum absolute atomic E-state index is 0.262. The lowest BCUT2D eigenvalue weighted by atomic mass is 10.3. The molecule has 0 amide bonds. The van der Waals surface area contributed by atoms with Gasteiger partial charge >= 0.3 is 5.97 Å². The summed E-state index contributed by atoms with van der Waals surface area (Å²) < 4.78 is 4.61. The molecule has 0 aliphatic heterocycles. The molecule has 0 unspecified atom stereocenters. The Balaban J connectivity index is 3.21. The van der Waals surface area contributed by atoms with Crippen molar-refractivity contribution in [3.05, 3.63) is 0 Å². The van der Waals surface area contributed by atoms with Crippen LogP contribution in [0.15, 0.2) is 5.16 Å². The number of hydrogen-bond acceptors (Lipinski definition) is 4. The Labute approximate surface area is 59.5 Å². The van der Waals surface area contributed by atoms with Gasteiger partial charge in [0.1, 0.15) is 0 Å². The molecule has 58 valence electrons. The van der Waals surface area contributed by atoms with Crippen LogP contribution in [0.5, 0.6) is 0 Å². The Morgan fingerprint density at radius 2 is 2.50 bits per heavy atom. The van der Waals surface area contributed by atoms with Crippen LogP contribution in [0.3, 0.4) is 0 Å². The summed E-state index contributed by atoms with van der Waals surface area (Å²) in [5.74, 6) is -0.262. The highest BCUT2D eigenvalue weighted by atomic mass is 16.5. The summed E-state index contributed by atoms with van der Waals surface area (Å²) >= 11 is 0. The zero-order valence-corrected chi connectivity index (χ0v) is 5.91. The van der Waals surface area contributed by atoms with E-state index in [1.807, 2.05) is 0 Å². The first-order chi connectivity index (χ1) is 4.81. The number of hydrogen-bond donors (Lipinski definition) is 1. The molecule has 4 heteroatoms. The maximum atomic E-state index is 10.6. The van der Waals surface area contributed by atoms with Crippen LogP contribution in [0.1, 0.15) is 19.8 Å². The van der Waals surface area contributed by atoms with Crippen LogP contribution in [0, 0.1) is 0 Å². The third kappa shape index (κ3) is 5.08. The minimum Gasteiger partial charge on any atom is -0.466 e. The van der Waals surface area contributed by atoms with Crippen LogP contribution < -0.4 is 0 Å². The van der Waals surface area contributed by atoms with E-state index in [-0.39, 0.29) is 12.4 Å². The van der Waals surface area contributed by atoms with E-state index in [4.69, 9.17) is 5.21 Å². The van der Waals surface area contributed by atoms with E-state index in [0.717, 1.165) is 0 Å². The molecular weight excluding hydrogens is 134 g/mol. The summed E-state index contributed by atoms with van der Waals surface area (Å²) in [6.07, 6.45) is 1.96. The largest absolute Gasteiger partial charge is 0.466 e. The standard InChI is InChI=1S/C6H11NO3/c1-2-10-6(8)4-3-5-7-9/h5,9H,2-4H2,1H3/b7-5+. The van der Waals surface area contributed by atoms with E-state index in [1.165, 1.54) is 6.21 Å². The fourth-order valence-electron chi connectivity index (χ4n) is 0.473. The highest BCUT2D eigenvalue weighted by Crippen LogP contribution is 1.89. The van der Waals surface area contributed by atoms with Gasteiger partial charge in [-0.1, -0.05) is 0 Å². The molecule has 0 saturated heterocycles. The van der Waals surface area contributed by atoms with Crippen LogP contribution in [0.2, 0.25) is 0 Å². The fraction of sp³-hybridized carbons (Fsp3) is 0.667. The highest BCUT2D eigenvalue weighted by molar-refractivity contribution is 5.73. The molecule has 0 bridgehead atoms. The number of rotatable bonds is 4. The lowest BCUT2D eigenvalue weighted by Gasteiger charge is -1.96. The van der Waals surface area contributed by atoms with Crippen molar-refractivity contribution in [1.82, 2.24) is 0 Å². The second-order valence-corrected chi connectivity index (χ2v) is 1.64. The van der Waals surface area contributed by atoms with Crippen molar-refractivity contribution in [2.75, 3.05) is 6.61 Å². The average molecular weight is 145 g/mol. The van der Waals surface area contributed by atoms with Crippen LogP contribution in [0.4, 0.5) is 0 Å². The van der Waals surface area contributed by atoms with Crippen LogP contribution in [-0.4, -0.2) is 24.0 Å². The Kier molecular flexibility index (Phi) is 5.42. The van der Waals surface area contributed by atoms with Gasteiger partial charge in [-0.05, 0) is 13.3 Å². The molecule has 0 radical (unpaired) electrons. The predicted molar refractivity (Wildman–Crippen MR) is 36.1 cm³/mol. The molecule has 4 nitrogen and oxygen atoms in total. The predicted octanol–water partition coefficient (Wildman–Crippen LogP) is 0.790. The lowest BCUT2D eigenvalue weighted by Crippen LogP contribution is -2.03. The summed E-state index contributed by atoms with van der Waals surface area (Å²) in [5.41, 5.74) is 0. The van der Waals surface area contributed by atoms with Gasteiger partial charge in [0.25, 0.3) is 0 Å². The van der Waals surface area contributed by atoms with Crippen LogP contribution in [0.25, 0.3) is 0 Å². The van der Waals surface area contributed by atoms with Crippen molar-refractivity contribution in [1.29, 1.82) is 0 Å². The Morgan fingerprint density at radius 1 is 1.80 bits per heavy atom. The van der Waals surface area contributed by atoms with Crippen molar-refractivity contribution in [2.24, 2.45) is 5.16 Å². The molecule has 0 rings (SSSR count). The van der Waals surface area contributed by atoms with E-state index in [2.05, 4.69) is 9.89 Å². The molecule has 0 fully saturated rings. The van der Waals surface area contributed by atoms with Crippen LogP contribution >= 0.6 is 0 Å². The van der Waals surface area contributed by atoms with Gasteiger partial charge in [0.15, 0.2) is 0 Å². The molecule has 1 N–H and O–H groups in total. The zero-order valence-electron chi connectivity index (χ0n) is 5.91. The van der Waals surface area contributed by atoms with Crippen molar-refractivity contribution in [2.45, 2.75) is 19.8 Å². The molecule has 0 aromatic carbocycles. The van der Waals surface area contributed by atoms with Crippen LogP contribution in [-0.2, 0) is 9.53 Å². The summed E-state index contributed by atoms with van der Waals surface area (Å²) in [4.78, 5) is 10.6. The van der Waals surface area contributed by atoms with Gasteiger partial charge in [-0.3, -0.25) is 4.79 Å². The maximum absolute atomic E-state index is 10.6. The number of carbonyl (C=O) groups excluding carboxylic acids is 1. The molecule has 0 aromatic heterocycles. The molecule has 0 heterocycles. The van der Waals surface area contributed by atoms with E-state index >= 15 is 0 Å². The summed E-state index contributed by atoms with van der Waals surface area (Å²) in [7, 11) is 0. The summed E-state index contributed by atoms with van der Waals surface area (Å²) in [5, 5.41) is 10.7. The first kappa shape index (κ1) is 8.94. The molecule has 0 atom stereocenters. The molecule has 0 spiro atoms. The van der Waals surface area contributed by atoms with E-state index in [9.17, 15) is 4.79 Å². The van der Waals surface area contributed by atoms with Gasteiger partial charge in [0.2, 0.25) is 0 Å². The van der Waals surface area contributed by atoms with Gasteiger partial charge in [0.05, 0.1) is 13.0 Å². The number of oxime groups is 1. The Morgan fingerprint density at radius 3 is 3.00 bits per heavy atom. The molecule has 0 aliphatic carbocycles. The smallest absolute Gasteiger partial charge is 0.306 e. The quantitative estimate of drug-likeness (QED) is 0.275. The Bertz CT molecular complexity index is 122. The normalized spacial score (nSPS) is 10.1. The monoisotopic (exact) mass is 145 g/mol. The average Bonchev–Trinajstić information content (AvgIpc) is 1.89. The minimum atomic E-state index is -0.262. The number of ether oxygens (including phenoxy) is 1. The van der Waals surface area contributed by atoms with E-state index in [1.54, 1.807) is 6.92 Å². The third-order valence-corrected chi connectivity index (χ3v) is 0.865. The topological polar surface area (TPSA) is 58.9 Å². The van der Waals surface area contributed by atoms with Gasteiger partial charge in [-0.2, -0.15) is 0 Å². The van der Waals surface area contributed by atoms with E-state index in [0.29, 0.717) is 13.0 Å². The Hall–Kier alpha value is -1.06. The number of esters is 1. The first-order valence-corrected chi connectivity index (χ1v) is 3.12. The molecule has 10 heavy (non-hydrogen) atoms. The van der Waals surface area contributed by atoms with E-state index < -0.39 is 0 Å². The second kappa shape index (κ2) is 6.07. The number of nitrogens with zero attached hydrogens (tertiary/aromatic N) is 1. The fourth-order valence-corrected chi connectivity index (χ4v) is 0.473. The number of carbonyl (C=O) groups is 1. The molecular formula is C6H11NO3. The first-order valence-electron chi connectivity index (χ1n) is 3.12. The van der Waals surface area contributed by atoms with Crippen molar-refractivity contribution < 1.29 is 14.7 Å². The second-order valence-electron chi connectivity index (χ2n) is 1.64. The van der Waals surface area contributed by atoms with Crippen molar-refractivity contribution >= 4 is 12.2 Å². The highest BCUT2D eigenvalue weighted by Gasteiger charge is 1.97. The lowest BCUT2D eigenvalue weighted by molar-refractivity contribution is -0.142. The summed E-state index contributed by atoms with van der Waals surface area (Å²) in [6.45, 7) is 2.15. The molecule has 0 saturated carbocycles. The van der Waals surface area contributed by atoms with Gasteiger partial charge in [-0.25, -0.2) is 0 Å². The van der Waals surface area contributed by atoms with Crippen molar-refractivity contribution in [3.63, 3.8) is 0 Å². The SMILES string of the molecule is CCOC(=O)CC/C=N/O. The zero-order chi connectivity index (χ0) is 7.82. The van der Waals surface area contributed by atoms with Gasteiger partial charge < -0.3 is 9.94 Å². The molecule has 0 aliphatic rings. The third-order valence-electron chi connectivity index (χ3n) is 0.865. The van der Waals surface area contributed by atoms with Crippen molar-refractivity contribution in [3.8, 4) is 0 Å². The summed E-state index contributed by atoms with van der Waals surface area (Å²) in [6, 6.07) is 0. The maximum Gasteiger partial charge on any atom is 0.306 e. The van der Waals surface area contributed by atoms with Gasteiger partial charge in [-0.15, -0.1) is 5.16 Å². The molecule has 0 aromatic rings.